The van der Waals surface area contributed by atoms with Gasteiger partial charge >= 0.3 is 0 Å². The molecule has 1 heterocycles. The number of hydrazine groups is 1. The molecule has 0 aliphatic rings. The average molecular weight is 294 g/mol. The van der Waals surface area contributed by atoms with Crippen molar-refractivity contribution in [2.75, 3.05) is 6.61 Å². The molecule has 0 aliphatic heterocycles. The van der Waals surface area contributed by atoms with Crippen molar-refractivity contribution in [2.45, 2.75) is 45.3 Å². The van der Waals surface area contributed by atoms with Gasteiger partial charge in [-0.15, -0.1) is 0 Å². The third-order valence-corrected chi connectivity index (χ3v) is 4.12. The van der Waals surface area contributed by atoms with Gasteiger partial charge in [0.2, 0.25) is 0 Å². The number of rotatable bonds is 7. The Morgan fingerprint density at radius 3 is 2.57 bits per heavy atom. The van der Waals surface area contributed by atoms with Crippen molar-refractivity contribution in [2.24, 2.45) is 5.84 Å². The SMILES string of the molecule is CCOC(CC)(CC)C(NN)c1cc2cccc(F)c2o1. The van der Waals surface area contributed by atoms with E-state index in [4.69, 9.17) is 15.0 Å². The Labute approximate surface area is 124 Å². The number of para-hydroxylation sites is 1. The first-order chi connectivity index (χ1) is 10.1. The fraction of sp³-hybridized carbons (Fsp3) is 0.500. The van der Waals surface area contributed by atoms with Crippen LogP contribution in [0.25, 0.3) is 11.0 Å². The smallest absolute Gasteiger partial charge is 0.169 e. The molecular formula is C16H23FN2O2. The quantitative estimate of drug-likeness (QED) is 0.604. The Morgan fingerprint density at radius 2 is 2.05 bits per heavy atom. The summed E-state index contributed by atoms with van der Waals surface area (Å²) in [6, 6.07) is 6.35. The predicted octanol–water partition coefficient (Wildman–Crippen LogP) is 3.67. The van der Waals surface area contributed by atoms with E-state index in [1.54, 1.807) is 6.07 Å². The molecule has 21 heavy (non-hydrogen) atoms. The van der Waals surface area contributed by atoms with Gasteiger partial charge in [0.1, 0.15) is 11.8 Å². The fourth-order valence-corrected chi connectivity index (χ4v) is 2.92. The Bertz CT molecular complexity index is 593. The van der Waals surface area contributed by atoms with Crippen molar-refractivity contribution < 1.29 is 13.5 Å². The molecular weight excluding hydrogens is 271 g/mol. The minimum Gasteiger partial charge on any atom is -0.456 e. The van der Waals surface area contributed by atoms with E-state index in [1.807, 2.05) is 32.9 Å². The molecule has 2 rings (SSSR count). The Balaban J connectivity index is 2.49. The number of benzene rings is 1. The predicted molar refractivity (Wildman–Crippen MR) is 81.2 cm³/mol. The van der Waals surface area contributed by atoms with E-state index in [0.717, 1.165) is 18.2 Å². The summed E-state index contributed by atoms with van der Waals surface area (Å²) in [5.74, 6) is 5.97. The summed E-state index contributed by atoms with van der Waals surface area (Å²) in [7, 11) is 0. The number of ether oxygens (including phenoxy) is 1. The van der Waals surface area contributed by atoms with E-state index in [2.05, 4.69) is 5.43 Å². The molecule has 0 spiro atoms. The van der Waals surface area contributed by atoms with Crippen LogP contribution in [0.4, 0.5) is 4.39 Å². The molecule has 0 fully saturated rings. The first kappa shape index (κ1) is 15.9. The molecule has 0 bridgehead atoms. The zero-order valence-electron chi connectivity index (χ0n) is 12.8. The average Bonchev–Trinajstić information content (AvgIpc) is 2.92. The highest BCUT2D eigenvalue weighted by molar-refractivity contribution is 5.78. The summed E-state index contributed by atoms with van der Waals surface area (Å²) in [5.41, 5.74) is 2.56. The first-order valence-electron chi connectivity index (χ1n) is 7.39. The summed E-state index contributed by atoms with van der Waals surface area (Å²) in [5, 5.41) is 0.725. The van der Waals surface area contributed by atoms with E-state index in [0.29, 0.717) is 12.4 Å². The highest BCUT2D eigenvalue weighted by Gasteiger charge is 2.39. The van der Waals surface area contributed by atoms with E-state index >= 15 is 0 Å². The second-order valence-electron chi connectivity index (χ2n) is 5.11. The van der Waals surface area contributed by atoms with Gasteiger partial charge in [0.15, 0.2) is 11.4 Å². The Kier molecular flexibility index (Phi) is 4.98. The number of fused-ring (bicyclic) bond motifs is 1. The van der Waals surface area contributed by atoms with Crippen LogP contribution in [-0.4, -0.2) is 12.2 Å². The summed E-state index contributed by atoms with van der Waals surface area (Å²) in [6.07, 6.45) is 1.54. The minimum atomic E-state index is -0.478. The number of halogens is 1. The van der Waals surface area contributed by atoms with Crippen LogP contribution < -0.4 is 11.3 Å². The highest BCUT2D eigenvalue weighted by atomic mass is 19.1. The van der Waals surface area contributed by atoms with E-state index < -0.39 is 5.60 Å². The first-order valence-corrected chi connectivity index (χ1v) is 7.39. The van der Waals surface area contributed by atoms with E-state index in [9.17, 15) is 4.39 Å². The second kappa shape index (κ2) is 6.56. The van der Waals surface area contributed by atoms with Crippen LogP contribution in [-0.2, 0) is 4.74 Å². The molecule has 0 amide bonds. The molecule has 1 aromatic heterocycles. The third kappa shape index (κ3) is 2.81. The lowest BCUT2D eigenvalue weighted by Gasteiger charge is -2.37. The van der Waals surface area contributed by atoms with Gasteiger partial charge in [-0.2, -0.15) is 0 Å². The lowest BCUT2D eigenvalue weighted by Crippen LogP contribution is -2.47. The zero-order chi connectivity index (χ0) is 15.5. The maximum atomic E-state index is 13.8. The number of furan rings is 1. The molecule has 4 nitrogen and oxygen atoms in total. The number of nitrogens with one attached hydrogen (secondary N) is 1. The summed E-state index contributed by atoms with van der Waals surface area (Å²) in [6.45, 7) is 6.62. The molecule has 116 valence electrons. The van der Waals surface area contributed by atoms with Crippen LogP contribution >= 0.6 is 0 Å². The lowest BCUT2D eigenvalue weighted by atomic mass is 9.87. The highest BCUT2D eigenvalue weighted by Crippen LogP contribution is 2.37. The number of nitrogens with two attached hydrogens (primary N) is 1. The number of hydrogen-bond donors (Lipinski definition) is 2. The Hall–Kier alpha value is -1.43. The molecule has 1 unspecified atom stereocenters. The van der Waals surface area contributed by atoms with Crippen molar-refractivity contribution >= 4 is 11.0 Å². The second-order valence-corrected chi connectivity index (χ2v) is 5.11. The monoisotopic (exact) mass is 294 g/mol. The topological polar surface area (TPSA) is 60.4 Å². The lowest BCUT2D eigenvalue weighted by molar-refractivity contribution is -0.0774. The van der Waals surface area contributed by atoms with E-state index in [1.165, 1.54) is 6.07 Å². The van der Waals surface area contributed by atoms with Crippen molar-refractivity contribution in [3.63, 3.8) is 0 Å². The molecule has 0 radical (unpaired) electrons. The van der Waals surface area contributed by atoms with Gasteiger partial charge in [-0.1, -0.05) is 26.0 Å². The van der Waals surface area contributed by atoms with E-state index in [-0.39, 0.29) is 17.4 Å². The molecule has 2 aromatic rings. The Morgan fingerprint density at radius 1 is 1.33 bits per heavy atom. The van der Waals surface area contributed by atoms with Gasteiger partial charge in [0.25, 0.3) is 0 Å². The molecule has 3 N–H and O–H groups in total. The zero-order valence-corrected chi connectivity index (χ0v) is 12.8. The van der Waals surface area contributed by atoms with Gasteiger partial charge in [-0.25, -0.2) is 9.82 Å². The van der Waals surface area contributed by atoms with Gasteiger partial charge in [0.05, 0.1) is 5.60 Å². The van der Waals surface area contributed by atoms with Crippen LogP contribution in [0.2, 0.25) is 0 Å². The van der Waals surface area contributed by atoms with Crippen molar-refractivity contribution in [1.29, 1.82) is 0 Å². The normalized spacial score (nSPS) is 13.8. The van der Waals surface area contributed by atoms with Crippen molar-refractivity contribution in [3.8, 4) is 0 Å². The van der Waals surface area contributed by atoms with Gasteiger partial charge in [-0.05, 0) is 31.9 Å². The third-order valence-electron chi connectivity index (χ3n) is 4.12. The van der Waals surface area contributed by atoms with Crippen molar-refractivity contribution in [3.05, 3.63) is 35.8 Å². The summed E-state index contributed by atoms with van der Waals surface area (Å²) < 4.78 is 25.5. The maximum Gasteiger partial charge on any atom is 0.169 e. The van der Waals surface area contributed by atoms with Gasteiger partial charge < -0.3 is 9.15 Å². The molecule has 0 saturated carbocycles. The molecule has 5 heteroatoms. The summed E-state index contributed by atoms with van der Waals surface area (Å²) >= 11 is 0. The van der Waals surface area contributed by atoms with Crippen LogP contribution in [0.1, 0.15) is 45.4 Å². The standard InChI is InChI=1S/C16H23FN2O2/c1-4-16(5-2,20-6-3)15(19-18)13-10-11-8-7-9-12(17)14(11)21-13/h7-10,15,19H,4-6,18H2,1-3H3. The van der Waals surface area contributed by atoms with Crippen LogP contribution in [0, 0.1) is 5.82 Å². The number of hydrogen-bond acceptors (Lipinski definition) is 4. The van der Waals surface area contributed by atoms with Gasteiger partial charge in [0, 0.05) is 12.0 Å². The summed E-state index contributed by atoms with van der Waals surface area (Å²) in [4.78, 5) is 0. The van der Waals surface area contributed by atoms with Crippen molar-refractivity contribution in [1.82, 2.24) is 5.43 Å². The molecule has 0 saturated heterocycles. The largest absolute Gasteiger partial charge is 0.456 e. The molecule has 1 aromatic carbocycles. The fourth-order valence-electron chi connectivity index (χ4n) is 2.92. The van der Waals surface area contributed by atoms with Crippen LogP contribution in [0.3, 0.4) is 0 Å². The molecule has 0 aliphatic carbocycles. The molecule has 1 atom stereocenters. The van der Waals surface area contributed by atoms with Crippen LogP contribution in [0.15, 0.2) is 28.7 Å². The van der Waals surface area contributed by atoms with Crippen LogP contribution in [0.5, 0.6) is 0 Å². The minimum absolute atomic E-state index is 0.255. The van der Waals surface area contributed by atoms with Gasteiger partial charge in [-0.3, -0.25) is 5.84 Å². The maximum absolute atomic E-state index is 13.8.